The standard InChI is InChI=1S/C15H20N2O2S/c1-12(7-8-13-5-3-2-4-6-13)16-14(18)9-17-11-20-10-15(17)19/h2-6,12H,7-11H2,1H3,(H,16,18)/t12-/m0/s1. The van der Waals surface area contributed by atoms with Gasteiger partial charge in [0.25, 0.3) is 0 Å². The topological polar surface area (TPSA) is 49.4 Å². The van der Waals surface area contributed by atoms with Crippen LogP contribution in [0.1, 0.15) is 18.9 Å². The lowest BCUT2D eigenvalue weighted by molar-refractivity contribution is -0.132. The molecular formula is C15H20N2O2S. The molecule has 2 rings (SSSR count). The maximum absolute atomic E-state index is 11.9. The van der Waals surface area contributed by atoms with Gasteiger partial charge in [-0.05, 0) is 25.3 Å². The lowest BCUT2D eigenvalue weighted by Crippen LogP contribution is -2.41. The fraction of sp³-hybridized carbons (Fsp3) is 0.467. The van der Waals surface area contributed by atoms with Crippen molar-refractivity contribution in [2.24, 2.45) is 0 Å². The Balaban J connectivity index is 1.69. The van der Waals surface area contributed by atoms with E-state index in [0.717, 1.165) is 12.8 Å². The van der Waals surface area contributed by atoms with Crippen LogP contribution in [0.5, 0.6) is 0 Å². The fourth-order valence-electron chi connectivity index (χ4n) is 2.13. The van der Waals surface area contributed by atoms with Gasteiger partial charge in [0.1, 0.15) is 6.54 Å². The second kappa shape index (κ2) is 7.33. The van der Waals surface area contributed by atoms with E-state index in [0.29, 0.717) is 11.6 Å². The minimum atomic E-state index is -0.0681. The zero-order valence-electron chi connectivity index (χ0n) is 11.7. The molecule has 1 atom stereocenters. The predicted octanol–water partition coefficient (Wildman–Crippen LogP) is 1.66. The number of carbonyl (C=O) groups is 2. The molecule has 20 heavy (non-hydrogen) atoms. The molecule has 0 saturated carbocycles. The number of amides is 2. The summed E-state index contributed by atoms with van der Waals surface area (Å²) >= 11 is 1.56. The van der Waals surface area contributed by atoms with Crippen molar-refractivity contribution >= 4 is 23.6 Å². The van der Waals surface area contributed by atoms with Crippen LogP contribution < -0.4 is 5.32 Å². The highest BCUT2D eigenvalue weighted by atomic mass is 32.2. The summed E-state index contributed by atoms with van der Waals surface area (Å²) in [5, 5.41) is 2.96. The molecule has 1 aromatic rings. The van der Waals surface area contributed by atoms with Gasteiger partial charge in [-0.2, -0.15) is 0 Å². The Morgan fingerprint density at radius 1 is 1.40 bits per heavy atom. The summed E-state index contributed by atoms with van der Waals surface area (Å²) in [6.45, 7) is 2.18. The average molecular weight is 292 g/mol. The molecule has 0 radical (unpaired) electrons. The molecule has 0 aromatic heterocycles. The number of thioether (sulfide) groups is 1. The van der Waals surface area contributed by atoms with Crippen LogP contribution in [-0.2, 0) is 16.0 Å². The highest BCUT2D eigenvalue weighted by Crippen LogP contribution is 2.14. The molecule has 108 valence electrons. The first-order valence-electron chi connectivity index (χ1n) is 6.84. The molecule has 4 nitrogen and oxygen atoms in total. The lowest BCUT2D eigenvalue weighted by Gasteiger charge is -2.18. The second-order valence-corrected chi connectivity index (χ2v) is 6.02. The first kappa shape index (κ1) is 14.9. The number of carbonyl (C=O) groups excluding carboxylic acids is 2. The van der Waals surface area contributed by atoms with Crippen LogP contribution in [0, 0.1) is 0 Å². The van der Waals surface area contributed by atoms with Gasteiger partial charge in [0, 0.05) is 6.04 Å². The smallest absolute Gasteiger partial charge is 0.239 e. The van der Waals surface area contributed by atoms with Crippen LogP contribution in [0.3, 0.4) is 0 Å². The van der Waals surface area contributed by atoms with Gasteiger partial charge >= 0.3 is 0 Å². The first-order chi connectivity index (χ1) is 9.65. The van der Waals surface area contributed by atoms with Gasteiger partial charge in [0.05, 0.1) is 11.6 Å². The highest BCUT2D eigenvalue weighted by Gasteiger charge is 2.23. The number of rotatable bonds is 6. The van der Waals surface area contributed by atoms with Crippen molar-refractivity contribution in [3.63, 3.8) is 0 Å². The molecule has 1 N–H and O–H groups in total. The van der Waals surface area contributed by atoms with Crippen molar-refractivity contribution in [3.05, 3.63) is 35.9 Å². The van der Waals surface area contributed by atoms with Crippen molar-refractivity contribution < 1.29 is 9.59 Å². The third kappa shape index (κ3) is 4.56. The maximum atomic E-state index is 11.9. The van der Waals surface area contributed by atoms with E-state index < -0.39 is 0 Å². The van der Waals surface area contributed by atoms with Crippen LogP contribution in [0.15, 0.2) is 30.3 Å². The van der Waals surface area contributed by atoms with E-state index >= 15 is 0 Å². The third-order valence-corrected chi connectivity index (χ3v) is 4.22. The summed E-state index contributed by atoms with van der Waals surface area (Å²) in [7, 11) is 0. The molecule has 5 heteroatoms. The van der Waals surface area contributed by atoms with Crippen LogP contribution in [0.4, 0.5) is 0 Å². The summed E-state index contributed by atoms with van der Waals surface area (Å²) < 4.78 is 0. The molecule has 0 unspecified atom stereocenters. The highest BCUT2D eigenvalue weighted by molar-refractivity contribution is 8.00. The summed E-state index contributed by atoms with van der Waals surface area (Å²) in [6, 6.07) is 10.3. The molecule has 2 amide bonds. The van der Waals surface area contributed by atoms with Crippen LogP contribution in [0.25, 0.3) is 0 Å². The van der Waals surface area contributed by atoms with Crippen molar-refractivity contribution in [2.45, 2.75) is 25.8 Å². The zero-order chi connectivity index (χ0) is 14.4. The maximum Gasteiger partial charge on any atom is 0.239 e. The molecule has 1 aliphatic rings. The van der Waals surface area contributed by atoms with Crippen molar-refractivity contribution in [1.29, 1.82) is 0 Å². The van der Waals surface area contributed by atoms with Gasteiger partial charge in [0.2, 0.25) is 11.8 Å². The minimum absolute atomic E-state index is 0.0575. The number of aryl methyl sites for hydroxylation is 1. The van der Waals surface area contributed by atoms with E-state index in [2.05, 4.69) is 17.4 Å². The zero-order valence-corrected chi connectivity index (χ0v) is 12.5. The molecule has 0 bridgehead atoms. The van der Waals surface area contributed by atoms with E-state index in [9.17, 15) is 9.59 Å². The molecule has 1 aromatic carbocycles. The number of hydrogen-bond donors (Lipinski definition) is 1. The number of benzene rings is 1. The summed E-state index contributed by atoms with van der Waals surface area (Å²) in [6.07, 6.45) is 1.85. The molecule has 1 aliphatic heterocycles. The minimum Gasteiger partial charge on any atom is -0.352 e. The Morgan fingerprint density at radius 3 is 2.80 bits per heavy atom. The number of nitrogens with zero attached hydrogens (tertiary/aromatic N) is 1. The molecular weight excluding hydrogens is 272 g/mol. The summed E-state index contributed by atoms with van der Waals surface area (Å²) in [5.74, 6) is 1.12. The SMILES string of the molecule is C[C@@H](CCc1ccccc1)NC(=O)CN1CSCC1=O. The monoisotopic (exact) mass is 292 g/mol. The fourth-order valence-corrected chi connectivity index (χ4v) is 3.04. The summed E-state index contributed by atoms with van der Waals surface area (Å²) in [4.78, 5) is 24.9. The van der Waals surface area contributed by atoms with Crippen LogP contribution >= 0.6 is 11.8 Å². The quantitative estimate of drug-likeness (QED) is 0.867. The number of nitrogens with one attached hydrogen (secondary N) is 1. The lowest BCUT2D eigenvalue weighted by atomic mass is 10.1. The van der Waals surface area contributed by atoms with E-state index in [-0.39, 0.29) is 24.4 Å². The van der Waals surface area contributed by atoms with Crippen molar-refractivity contribution in [2.75, 3.05) is 18.2 Å². The Labute approximate surface area is 123 Å². The normalized spacial score (nSPS) is 16.2. The second-order valence-electron chi connectivity index (χ2n) is 5.06. The molecule has 0 aliphatic carbocycles. The van der Waals surface area contributed by atoms with Gasteiger partial charge in [-0.25, -0.2) is 0 Å². The molecule has 1 fully saturated rings. The van der Waals surface area contributed by atoms with Crippen LogP contribution in [0.2, 0.25) is 0 Å². The Hall–Kier alpha value is -1.49. The molecule has 1 heterocycles. The third-order valence-electron chi connectivity index (χ3n) is 3.28. The summed E-state index contributed by atoms with van der Waals surface area (Å²) in [5.41, 5.74) is 1.28. The van der Waals surface area contributed by atoms with Gasteiger partial charge in [-0.3, -0.25) is 9.59 Å². The molecule has 1 saturated heterocycles. The largest absolute Gasteiger partial charge is 0.352 e. The molecule has 0 spiro atoms. The van der Waals surface area contributed by atoms with E-state index in [1.54, 1.807) is 16.7 Å². The van der Waals surface area contributed by atoms with Gasteiger partial charge in [-0.15, -0.1) is 11.8 Å². The first-order valence-corrected chi connectivity index (χ1v) is 7.99. The van der Waals surface area contributed by atoms with Crippen LogP contribution in [-0.4, -0.2) is 40.9 Å². The van der Waals surface area contributed by atoms with Gasteiger partial charge in [-0.1, -0.05) is 30.3 Å². The van der Waals surface area contributed by atoms with Gasteiger partial charge in [0.15, 0.2) is 0 Å². The van der Waals surface area contributed by atoms with Gasteiger partial charge < -0.3 is 10.2 Å². The van der Waals surface area contributed by atoms with E-state index in [1.807, 2.05) is 25.1 Å². The predicted molar refractivity (Wildman–Crippen MR) is 81.4 cm³/mol. The Bertz CT molecular complexity index is 464. The Kier molecular flexibility index (Phi) is 5.47. The number of hydrogen-bond acceptors (Lipinski definition) is 3. The average Bonchev–Trinajstić information content (AvgIpc) is 2.83. The Morgan fingerprint density at radius 2 is 2.15 bits per heavy atom. The van der Waals surface area contributed by atoms with Crippen molar-refractivity contribution in [3.8, 4) is 0 Å². The van der Waals surface area contributed by atoms with Crippen molar-refractivity contribution in [1.82, 2.24) is 10.2 Å². The van der Waals surface area contributed by atoms with E-state index in [4.69, 9.17) is 0 Å². The van der Waals surface area contributed by atoms with E-state index in [1.165, 1.54) is 5.56 Å².